The van der Waals surface area contributed by atoms with Crippen LogP contribution in [0.5, 0.6) is 17.2 Å². The molecule has 2 aromatic carbocycles. The second-order valence-corrected chi connectivity index (χ2v) is 6.43. The van der Waals surface area contributed by atoms with Gasteiger partial charge in [-0.05, 0) is 12.1 Å². The first-order valence-electron chi connectivity index (χ1n) is 5.99. The molecule has 0 unspecified atom stereocenters. The van der Waals surface area contributed by atoms with E-state index in [-0.39, 0.29) is 32.2 Å². The molecule has 22 heavy (non-hydrogen) atoms. The minimum Gasteiger partial charge on any atom is -0.495 e. The van der Waals surface area contributed by atoms with E-state index in [1.807, 2.05) is 0 Å². The predicted molar refractivity (Wildman–Crippen MR) is 83.8 cm³/mol. The first-order chi connectivity index (χ1) is 10.4. The lowest BCUT2D eigenvalue weighted by Gasteiger charge is -2.13. The highest BCUT2D eigenvalue weighted by molar-refractivity contribution is 7.87. The maximum Gasteiger partial charge on any atom is 0.343 e. The highest BCUT2D eigenvalue weighted by atomic mass is 35.5. The number of methoxy groups -OCH3 is 2. The van der Waals surface area contributed by atoms with Crippen LogP contribution in [0.3, 0.4) is 0 Å². The monoisotopic (exact) mass is 362 g/mol. The molecule has 2 aromatic rings. The normalized spacial score (nSPS) is 11.1. The van der Waals surface area contributed by atoms with E-state index in [0.29, 0.717) is 0 Å². The van der Waals surface area contributed by atoms with Crippen LogP contribution < -0.4 is 13.7 Å². The van der Waals surface area contributed by atoms with Gasteiger partial charge in [0.1, 0.15) is 11.5 Å². The molecule has 0 radical (unpaired) electrons. The van der Waals surface area contributed by atoms with Gasteiger partial charge < -0.3 is 13.7 Å². The number of ether oxygens (including phenoxy) is 2. The second-order valence-electron chi connectivity index (χ2n) is 4.11. The van der Waals surface area contributed by atoms with Crippen LogP contribution in [0.1, 0.15) is 0 Å². The molecule has 0 amide bonds. The van der Waals surface area contributed by atoms with Crippen molar-refractivity contribution in [1.82, 2.24) is 0 Å². The van der Waals surface area contributed by atoms with Crippen LogP contribution in [0.25, 0.3) is 0 Å². The number of hydrogen-bond acceptors (Lipinski definition) is 5. The van der Waals surface area contributed by atoms with E-state index in [9.17, 15) is 8.42 Å². The van der Waals surface area contributed by atoms with Crippen LogP contribution in [0.2, 0.25) is 10.0 Å². The van der Waals surface area contributed by atoms with Gasteiger partial charge in [-0.15, -0.1) is 0 Å². The van der Waals surface area contributed by atoms with Crippen LogP contribution >= 0.6 is 23.2 Å². The van der Waals surface area contributed by atoms with E-state index < -0.39 is 10.1 Å². The molecule has 0 aromatic heterocycles. The van der Waals surface area contributed by atoms with E-state index >= 15 is 0 Å². The molecular formula is C14H12Cl2O5S. The lowest BCUT2D eigenvalue weighted by atomic mass is 10.3. The van der Waals surface area contributed by atoms with Crippen molar-refractivity contribution in [2.45, 2.75) is 4.90 Å². The number of rotatable bonds is 5. The molecule has 118 valence electrons. The molecule has 0 bridgehead atoms. The summed E-state index contributed by atoms with van der Waals surface area (Å²) in [6.45, 7) is 0. The lowest BCUT2D eigenvalue weighted by Crippen LogP contribution is -2.12. The quantitative estimate of drug-likeness (QED) is 0.757. The smallest absolute Gasteiger partial charge is 0.343 e. The zero-order chi connectivity index (χ0) is 16.3. The highest BCUT2D eigenvalue weighted by Gasteiger charge is 2.25. The Balaban J connectivity index is 2.51. The van der Waals surface area contributed by atoms with Crippen molar-refractivity contribution in [2.75, 3.05) is 14.2 Å². The Morgan fingerprint density at radius 1 is 0.864 bits per heavy atom. The molecule has 2 rings (SSSR count). The van der Waals surface area contributed by atoms with E-state index in [1.54, 1.807) is 12.1 Å². The van der Waals surface area contributed by atoms with Crippen molar-refractivity contribution >= 4 is 33.3 Å². The van der Waals surface area contributed by atoms with Crippen molar-refractivity contribution in [3.05, 3.63) is 46.4 Å². The van der Waals surface area contributed by atoms with Gasteiger partial charge in [0, 0.05) is 12.1 Å². The Morgan fingerprint density at radius 3 is 2.09 bits per heavy atom. The third-order valence-corrected chi connectivity index (χ3v) is 4.61. The van der Waals surface area contributed by atoms with Crippen LogP contribution in [-0.2, 0) is 10.1 Å². The van der Waals surface area contributed by atoms with Crippen molar-refractivity contribution in [3.63, 3.8) is 0 Å². The summed E-state index contributed by atoms with van der Waals surface area (Å²) in [7, 11) is -1.48. The summed E-state index contributed by atoms with van der Waals surface area (Å²) in [6.07, 6.45) is 0. The average Bonchev–Trinajstić information content (AvgIpc) is 2.48. The minimum absolute atomic E-state index is 0.0140. The maximum absolute atomic E-state index is 12.5. The fourth-order valence-electron chi connectivity index (χ4n) is 1.70. The number of halogens is 2. The van der Waals surface area contributed by atoms with Gasteiger partial charge in [-0.2, -0.15) is 8.42 Å². The van der Waals surface area contributed by atoms with E-state index in [4.69, 9.17) is 36.9 Å². The largest absolute Gasteiger partial charge is 0.495 e. The maximum atomic E-state index is 12.5. The molecule has 0 N–H and O–H groups in total. The van der Waals surface area contributed by atoms with E-state index in [2.05, 4.69) is 0 Å². The standard InChI is InChI=1S/C14H12Cl2O5S/c1-19-12-8-14(13(20-2)7-10(12)16)22(17,18)21-11-6-4-3-5-9(11)15/h3-8H,1-2H3. The zero-order valence-electron chi connectivity index (χ0n) is 11.7. The molecule has 0 aliphatic rings. The molecule has 0 aliphatic carbocycles. The molecule has 0 saturated heterocycles. The first kappa shape index (κ1) is 16.7. The molecule has 0 spiro atoms. The molecule has 0 heterocycles. The molecule has 0 fully saturated rings. The molecule has 0 saturated carbocycles. The summed E-state index contributed by atoms with van der Waals surface area (Å²) in [5.74, 6) is 0.238. The van der Waals surface area contributed by atoms with Gasteiger partial charge in [0.25, 0.3) is 0 Å². The molecule has 0 atom stereocenters. The molecule has 0 aliphatic heterocycles. The van der Waals surface area contributed by atoms with Gasteiger partial charge in [-0.1, -0.05) is 35.3 Å². The number of hydrogen-bond donors (Lipinski definition) is 0. The Morgan fingerprint density at radius 2 is 1.50 bits per heavy atom. The number of para-hydroxylation sites is 1. The van der Waals surface area contributed by atoms with Gasteiger partial charge in [0.2, 0.25) is 0 Å². The average molecular weight is 363 g/mol. The third-order valence-electron chi connectivity index (χ3n) is 2.74. The lowest BCUT2D eigenvalue weighted by molar-refractivity contribution is 0.388. The van der Waals surface area contributed by atoms with Crippen LogP contribution in [0.4, 0.5) is 0 Å². The van der Waals surface area contributed by atoms with Crippen LogP contribution in [0.15, 0.2) is 41.3 Å². The summed E-state index contributed by atoms with van der Waals surface area (Å²) < 4.78 is 40.0. The Hall–Kier alpha value is -1.63. The predicted octanol–water partition coefficient (Wildman–Crippen LogP) is 3.78. The second kappa shape index (κ2) is 6.64. The van der Waals surface area contributed by atoms with Crippen molar-refractivity contribution in [2.24, 2.45) is 0 Å². The Kier molecular flexibility index (Phi) is 5.05. The molecule has 8 heteroatoms. The topological polar surface area (TPSA) is 61.8 Å². The van der Waals surface area contributed by atoms with Crippen LogP contribution in [-0.4, -0.2) is 22.6 Å². The van der Waals surface area contributed by atoms with Gasteiger partial charge >= 0.3 is 10.1 Å². The van der Waals surface area contributed by atoms with Crippen molar-refractivity contribution < 1.29 is 22.1 Å². The Labute approximate surface area is 138 Å². The summed E-state index contributed by atoms with van der Waals surface area (Å²) in [6, 6.07) is 8.80. The summed E-state index contributed by atoms with van der Waals surface area (Å²) in [5.41, 5.74) is 0. The minimum atomic E-state index is -4.18. The fraction of sp³-hybridized carbons (Fsp3) is 0.143. The Bertz CT molecular complexity index is 790. The molecular weight excluding hydrogens is 351 g/mol. The molecule has 5 nitrogen and oxygen atoms in total. The van der Waals surface area contributed by atoms with Crippen molar-refractivity contribution in [1.29, 1.82) is 0 Å². The first-order valence-corrected chi connectivity index (χ1v) is 8.16. The fourth-order valence-corrected chi connectivity index (χ4v) is 3.27. The van der Waals surface area contributed by atoms with Gasteiger partial charge in [0.05, 0.1) is 24.3 Å². The number of benzene rings is 2. The van der Waals surface area contributed by atoms with Gasteiger partial charge in [0.15, 0.2) is 10.6 Å². The van der Waals surface area contributed by atoms with Crippen LogP contribution in [0, 0.1) is 0 Å². The zero-order valence-corrected chi connectivity index (χ0v) is 14.0. The summed E-state index contributed by atoms with van der Waals surface area (Å²) in [5, 5.41) is 0.391. The summed E-state index contributed by atoms with van der Waals surface area (Å²) in [4.78, 5) is -0.212. The van der Waals surface area contributed by atoms with Gasteiger partial charge in [-0.25, -0.2) is 0 Å². The highest BCUT2D eigenvalue weighted by Crippen LogP contribution is 2.37. The van der Waals surface area contributed by atoms with E-state index in [1.165, 1.54) is 38.5 Å². The SMILES string of the molecule is COc1cc(S(=O)(=O)Oc2ccccc2Cl)c(OC)cc1Cl. The van der Waals surface area contributed by atoms with E-state index in [0.717, 1.165) is 0 Å². The van der Waals surface area contributed by atoms with Crippen molar-refractivity contribution in [3.8, 4) is 17.2 Å². The van der Waals surface area contributed by atoms with Gasteiger partial charge in [-0.3, -0.25) is 0 Å². The third kappa shape index (κ3) is 3.40. The summed E-state index contributed by atoms with van der Waals surface area (Å²) >= 11 is 11.9.